The van der Waals surface area contributed by atoms with Gasteiger partial charge in [-0.3, -0.25) is 5.10 Å². The lowest BCUT2D eigenvalue weighted by Gasteiger charge is -2.07. The van der Waals surface area contributed by atoms with Gasteiger partial charge >= 0.3 is 0 Å². The molecular formula is C14H20N4. The highest BCUT2D eigenvalue weighted by Gasteiger charge is 1.94. The molecule has 0 amide bonds. The minimum absolute atomic E-state index is 0.952. The van der Waals surface area contributed by atoms with E-state index in [1.807, 2.05) is 24.3 Å². The zero-order valence-electron chi connectivity index (χ0n) is 10.5. The summed E-state index contributed by atoms with van der Waals surface area (Å²) in [5, 5.41) is 13.7. The Morgan fingerprint density at radius 1 is 1.00 bits per heavy atom. The summed E-state index contributed by atoms with van der Waals surface area (Å²) in [6.45, 7) is 2.97. The number of benzene rings is 1. The average Bonchev–Trinajstić information content (AvgIpc) is 2.92. The van der Waals surface area contributed by atoms with Crippen LogP contribution in [-0.2, 0) is 6.42 Å². The zero-order valence-corrected chi connectivity index (χ0v) is 10.5. The van der Waals surface area contributed by atoms with E-state index >= 15 is 0 Å². The Bertz CT molecular complexity index is 411. The van der Waals surface area contributed by atoms with E-state index in [4.69, 9.17) is 0 Å². The molecule has 1 aromatic carbocycles. The van der Waals surface area contributed by atoms with Crippen LogP contribution in [0, 0.1) is 0 Å². The average molecular weight is 244 g/mol. The van der Waals surface area contributed by atoms with Gasteiger partial charge in [0.15, 0.2) is 0 Å². The van der Waals surface area contributed by atoms with Crippen LogP contribution < -0.4 is 10.6 Å². The van der Waals surface area contributed by atoms with Gasteiger partial charge in [-0.05, 0) is 37.6 Å². The van der Waals surface area contributed by atoms with Crippen LogP contribution in [0.15, 0.2) is 42.6 Å². The van der Waals surface area contributed by atoms with Gasteiger partial charge in [0.1, 0.15) is 0 Å². The fraction of sp³-hybridized carbons (Fsp3) is 0.357. The predicted octanol–water partition coefficient (Wildman–Crippen LogP) is 2.04. The first kappa shape index (κ1) is 12.6. The topological polar surface area (TPSA) is 52.7 Å². The molecule has 18 heavy (non-hydrogen) atoms. The molecule has 4 nitrogen and oxygen atoms in total. The minimum Gasteiger partial charge on any atom is -0.384 e. The van der Waals surface area contributed by atoms with Crippen LogP contribution >= 0.6 is 0 Å². The number of aromatic nitrogens is 2. The maximum absolute atomic E-state index is 3.93. The van der Waals surface area contributed by atoms with Gasteiger partial charge in [-0.15, -0.1) is 0 Å². The fourth-order valence-corrected chi connectivity index (χ4v) is 1.80. The van der Waals surface area contributed by atoms with Crippen LogP contribution in [0.25, 0.3) is 0 Å². The largest absolute Gasteiger partial charge is 0.384 e. The van der Waals surface area contributed by atoms with Gasteiger partial charge in [-0.25, -0.2) is 0 Å². The maximum atomic E-state index is 3.93. The van der Waals surface area contributed by atoms with Gasteiger partial charge in [0.05, 0.1) is 0 Å². The molecule has 3 N–H and O–H groups in total. The van der Waals surface area contributed by atoms with Crippen molar-refractivity contribution >= 4 is 5.69 Å². The number of aromatic amines is 1. The van der Waals surface area contributed by atoms with E-state index in [1.54, 1.807) is 6.20 Å². The van der Waals surface area contributed by atoms with Crippen LogP contribution in [0.5, 0.6) is 0 Å². The molecule has 0 radical (unpaired) electrons. The zero-order chi connectivity index (χ0) is 12.5. The number of nitrogens with one attached hydrogen (secondary N) is 3. The number of aryl methyl sites for hydroxylation is 1. The predicted molar refractivity (Wildman–Crippen MR) is 74.7 cm³/mol. The molecule has 0 spiro atoms. The summed E-state index contributed by atoms with van der Waals surface area (Å²) < 4.78 is 0. The van der Waals surface area contributed by atoms with Crippen LogP contribution in [0.3, 0.4) is 0 Å². The Morgan fingerprint density at radius 2 is 1.89 bits per heavy atom. The standard InChI is InChI=1S/C14H20N4/c1-2-5-13(6-3-1)16-12-11-15-9-4-7-14-8-10-17-18-14/h1-3,5-6,8,10,15-16H,4,7,9,11-12H2,(H,17,18). The van der Waals surface area contributed by atoms with E-state index in [0.717, 1.165) is 32.5 Å². The van der Waals surface area contributed by atoms with E-state index in [-0.39, 0.29) is 0 Å². The number of hydrogen-bond donors (Lipinski definition) is 3. The molecule has 0 bridgehead atoms. The van der Waals surface area contributed by atoms with Crippen molar-refractivity contribution in [3.63, 3.8) is 0 Å². The first-order chi connectivity index (χ1) is 8.95. The molecule has 0 aliphatic carbocycles. The summed E-state index contributed by atoms with van der Waals surface area (Å²) in [6, 6.07) is 12.3. The summed E-state index contributed by atoms with van der Waals surface area (Å²) in [7, 11) is 0. The number of rotatable bonds is 8. The monoisotopic (exact) mass is 244 g/mol. The second-order valence-corrected chi connectivity index (χ2v) is 4.23. The van der Waals surface area contributed by atoms with E-state index < -0.39 is 0 Å². The first-order valence-corrected chi connectivity index (χ1v) is 6.43. The van der Waals surface area contributed by atoms with Crippen LogP contribution in [0.1, 0.15) is 12.1 Å². The second-order valence-electron chi connectivity index (χ2n) is 4.23. The van der Waals surface area contributed by atoms with Crippen LogP contribution in [0.2, 0.25) is 0 Å². The third-order valence-corrected chi connectivity index (χ3v) is 2.76. The van der Waals surface area contributed by atoms with Gasteiger partial charge in [0, 0.05) is 30.7 Å². The van der Waals surface area contributed by atoms with Crippen molar-refractivity contribution in [2.45, 2.75) is 12.8 Å². The van der Waals surface area contributed by atoms with Gasteiger partial charge in [-0.1, -0.05) is 18.2 Å². The molecule has 1 heterocycles. The molecule has 2 rings (SSSR count). The third kappa shape index (κ3) is 4.59. The van der Waals surface area contributed by atoms with Gasteiger partial charge in [-0.2, -0.15) is 5.10 Å². The molecule has 0 atom stereocenters. The van der Waals surface area contributed by atoms with E-state index in [9.17, 15) is 0 Å². The Kier molecular flexibility index (Phi) is 5.27. The first-order valence-electron chi connectivity index (χ1n) is 6.43. The molecule has 0 aliphatic heterocycles. The van der Waals surface area contributed by atoms with Gasteiger partial charge in [0.2, 0.25) is 0 Å². The number of nitrogens with zero attached hydrogens (tertiary/aromatic N) is 1. The van der Waals surface area contributed by atoms with Gasteiger partial charge < -0.3 is 10.6 Å². The maximum Gasteiger partial charge on any atom is 0.0490 e. The lowest BCUT2D eigenvalue weighted by Crippen LogP contribution is -2.23. The molecule has 96 valence electrons. The molecule has 4 heteroatoms. The highest BCUT2D eigenvalue weighted by Crippen LogP contribution is 2.03. The summed E-state index contributed by atoms with van der Waals surface area (Å²) in [5.74, 6) is 0. The number of anilines is 1. The SMILES string of the molecule is c1ccc(NCCNCCCc2ccn[nH]2)cc1. The Hall–Kier alpha value is -1.81. The van der Waals surface area contributed by atoms with Crippen molar-refractivity contribution in [2.75, 3.05) is 25.0 Å². The fourth-order valence-electron chi connectivity index (χ4n) is 1.80. The Labute approximate surface area is 108 Å². The van der Waals surface area contributed by atoms with Crippen LogP contribution in [0.4, 0.5) is 5.69 Å². The number of H-pyrrole nitrogens is 1. The second kappa shape index (κ2) is 7.50. The Balaban J connectivity index is 1.47. The lowest BCUT2D eigenvalue weighted by atomic mass is 10.2. The van der Waals surface area contributed by atoms with Crippen molar-refractivity contribution in [3.05, 3.63) is 48.3 Å². The van der Waals surface area contributed by atoms with Crippen molar-refractivity contribution in [3.8, 4) is 0 Å². The van der Waals surface area contributed by atoms with E-state index in [0.29, 0.717) is 0 Å². The molecule has 2 aromatic rings. The molecule has 0 unspecified atom stereocenters. The molecule has 0 saturated carbocycles. The quantitative estimate of drug-likeness (QED) is 0.623. The normalized spacial score (nSPS) is 10.4. The molecule has 0 fully saturated rings. The molecular weight excluding hydrogens is 224 g/mol. The highest BCUT2D eigenvalue weighted by atomic mass is 15.1. The van der Waals surface area contributed by atoms with E-state index in [1.165, 1.54) is 11.4 Å². The van der Waals surface area contributed by atoms with Crippen molar-refractivity contribution in [1.29, 1.82) is 0 Å². The summed E-state index contributed by atoms with van der Waals surface area (Å²) >= 11 is 0. The van der Waals surface area contributed by atoms with Crippen molar-refractivity contribution < 1.29 is 0 Å². The number of hydrogen-bond acceptors (Lipinski definition) is 3. The van der Waals surface area contributed by atoms with Crippen molar-refractivity contribution in [1.82, 2.24) is 15.5 Å². The minimum atomic E-state index is 0.952. The number of para-hydroxylation sites is 1. The summed E-state index contributed by atoms with van der Waals surface area (Å²) in [4.78, 5) is 0. The molecule has 0 saturated heterocycles. The molecule has 1 aromatic heterocycles. The van der Waals surface area contributed by atoms with Gasteiger partial charge in [0.25, 0.3) is 0 Å². The summed E-state index contributed by atoms with van der Waals surface area (Å²) in [5.41, 5.74) is 2.39. The van der Waals surface area contributed by atoms with Crippen molar-refractivity contribution in [2.24, 2.45) is 0 Å². The van der Waals surface area contributed by atoms with Crippen LogP contribution in [-0.4, -0.2) is 29.8 Å². The lowest BCUT2D eigenvalue weighted by molar-refractivity contribution is 0.655. The summed E-state index contributed by atoms with van der Waals surface area (Å²) in [6.07, 6.45) is 3.99. The Morgan fingerprint density at radius 3 is 2.67 bits per heavy atom. The third-order valence-electron chi connectivity index (χ3n) is 2.76. The smallest absolute Gasteiger partial charge is 0.0490 e. The molecule has 0 aliphatic rings. The highest BCUT2D eigenvalue weighted by molar-refractivity contribution is 5.42. The van der Waals surface area contributed by atoms with E-state index in [2.05, 4.69) is 33.0 Å².